The number of carbonyl (C=O) groups excluding carboxylic acids is 2. The molecular weight excluding hydrogens is 466 g/mol. The van der Waals surface area contributed by atoms with E-state index >= 15 is 0 Å². The molecule has 0 aromatic heterocycles. The molecule has 9 nitrogen and oxygen atoms in total. The molecule has 4 atom stereocenters. The van der Waals surface area contributed by atoms with Crippen LogP contribution in [0.5, 0.6) is 0 Å². The molecule has 3 fully saturated rings. The number of anilines is 1. The zero-order valence-electron chi connectivity index (χ0n) is 22.4. The van der Waals surface area contributed by atoms with Gasteiger partial charge in [-0.2, -0.15) is 0 Å². The van der Waals surface area contributed by atoms with Gasteiger partial charge in [-0.1, -0.05) is 63.2 Å². The molecule has 0 spiro atoms. The number of hydrogen-bond acceptors (Lipinski definition) is 7. The molecule has 0 aliphatic carbocycles. The van der Waals surface area contributed by atoms with Crippen LogP contribution in [0.15, 0.2) is 54.6 Å². The number of rotatable bonds is 6. The van der Waals surface area contributed by atoms with Crippen molar-refractivity contribution < 1.29 is 9.59 Å². The Kier molecular flexibility index (Phi) is 6.97. The number of likely N-dealkylation sites (N-methyl/N-ethyl adjacent to an activating group) is 1. The number of fused-ring (bicyclic) bond motifs is 1. The minimum absolute atomic E-state index is 0.115. The van der Waals surface area contributed by atoms with Crippen molar-refractivity contribution in [3.63, 3.8) is 0 Å². The molecule has 2 aromatic carbocycles. The highest BCUT2D eigenvalue weighted by Crippen LogP contribution is 2.35. The summed E-state index contributed by atoms with van der Waals surface area (Å²) in [5.74, 6) is -0.629. The van der Waals surface area contributed by atoms with Crippen molar-refractivity contribution in [1.29, 1.82) is 0 Å². The normalized spacial score (nSPS) is 27.2. The highest BCUT2D eigenvalue weighted by Gasteiger charge is 2.55. The van der Waals surface area contributed by atoms with E-state index in [-0.39, 0.29) is 29.7 Å². The van der Waals surface area contributed by atoms with Crippen molar-refractivity contribution in [1.82, 2.24) is 30.5 Å². The summed E-state index contributed by atoms with van der Waals surface area (Å²) in [7, 11) is 3.72. The Morgan fingerprint density at radius 2 is 1.70 bits per heavy atom. The second kappa shape index (κ2) is 10.1. The molecule has 3 aliphatic rings. The number of para-hydroxylation sites is 1. The van der Waals surface area contributed by atoms with E-state index in [1.54, 1.807) is 7.05 Å². The van der Waals surface area contributed by atoms with Crippen LogP contribution in [0.25, 0.3) is 0 Å². The predicted molar refractivity (Wildman–Crippen MR) is 144 cm³/mol. The average molecular weight is 506 g/mol. The number of urea groups is 1. The number of carbonyl (C=O) groups is 2. The van der Waals surface area contributed by atoms with Gasteiger partial charge in [0.25, 0.3) is 0 Å². The third-order valence-electron chi connectivity index (χ3n) is 7.42. The largest absolute Gasteiger partial charge is 0.368 e. The molecule has 4 unspecified atom stereocenters. The van der Waals surface area contributed by atoms with E-state index in [2.05, 4.69) is 78.1 Å². The fourth-order valence-corrected chi connectivity index (χ4v) is 5.59. The Hall–Kier alpha value is -2.98. The van der Waals surface area contributed by atoms with Crippen LogP contribution >= 0.6 is 0 Å². The molecule has 0 bridgehead atoms. The van der Waals surface area contributed by atoms with Gasteiger partial charge < -0.3 is 10.2 Å². The molecule has 5 rings (SSSR count). The van der Waals surface area contributed by atoms with Gasteiger partial charge in [-0.05, 0) is 35.7 Å². The molecule has 37 heavy (non-hydrogen) atoms. The third kappa shape index (κ3) is 5.22. The van der Waals surface area contributed by atoms with E-state index in [1.165, 1.54) is 10.5 Å². The van der Waals surface area contributed by atoms with Gasteiger partial charge in [-0.15, -0.1) is 0 Å². The van der Waals surface area contributed by atoms with Crippen molar-refractivity contribution >= 4 is 17.6 Å². The molecule has 3 heterocycles. The summed E-state index contributed by atoms with van der Waals surface area (Å²) in [5, 5.41) is 9.20. The number of imide groups is 1. The van der Waals surface area contributed by atoms with Gasteiger partial charge in [0.15, 0.2) is 0 Å². The van der Waals surface area contributed by atoms with E-state index in [0.29, 0.717) is 13.1 Å². The van der Waals surface area contributed by atoms with Gasteiger partial charge in [0, 0.05) is 38.9 Å². The minimum atomic E-state index is -0.458. The molecule has 3 saturated heterocycles. The van der Waals surface area contributed by atoms with Gasteiger partial charge in [0.05, 0.1) is 6.17 Å². The Morgan fingerprint density at radius 1 is 1.00 bits per heavy atom. The van der Waals surface area contributed by atoms with Crippen molar-refractivity contribution in [3.8, 4) is 0 Å². The lowest BCUT2D eigenvalue weighted by Crippen LogP contribution is -2.64. The smallest absolute Gasteiger partial charge is 0.327 e. The van der Waals surface area contributed by atoms with Crippen molar-refractivity contribution in [2.75, 3.05) is 39.0 Å². The van der Waals surface area contributed by atoms with Crippen LogP contribution in [0, 0.1) is 11.3 Å². The van der Waals surface area contributed by atoms with Crippen LogP contribution in [0.2, 0.25) is 0 Å². The summed E-state index contributed by atoms with van der Waals surface area (Å²) in [6, 6.07) is 18.3. The van der Waals surface area contributed by atoms with Crippen molar-refractivity contribution in [2.45, 2.75) is 45.8 Å². The van der Waals surface area contributed by atoms with Gasteiger partial charge >= 0.3 is 6.03 Å². The first-order chi connectivity index (χ1) is 17.6. The molecule has 3 amide bonds. The molecule has 9 heteroatoms. The summed E-state index contributed by atoms with van der Waals surface area (Å²) in [6.45, 7) is 9.47. The highest BCUT2D eigenvalue weighted by molar-refractivity contribution is 5.99. The molecule has 0 saturated carbocycles. The predicted octanol–water partition coefficient (Wildman–Crippen LogP) is 2.86. The number of hydrogen-bond donors (Lipinski definition) is 3. The maximum absolute atomic E-state index is 13.5. The molecule has 3 aliphatic heterocycles. The summed E-state index contributed by atoms with van der Waals surface area (Å²) >= 11 is 0. The molecular formula is C28H39N7O2. The zero-order valence-corrected chi connectivity index (χ0v) is 22.4. The second-order valence-electron chi connectivity index (χ2n) is 11.6. The summed E-state index contributed by atoms with van der Waals surface area (Å²) < 4.78 is 0. The Balaban J connectivity index is 1.43. The fourth-order valence-electron chi connectivity index (χ4n) is 5.59. The van der Waals surface area contributed by atoms with Crippen LogP contribution in [0.4, 0.5) is 10.5 Å². The first-order valence-electron chi connectivity index (χ1n) is 13.1. The van der Waals surface area contributed by atoms with Crippen LogP contribution in [0.3, 0.4) is 0 Å². The van der Waals surface area contributed by atoms with E-state index in [0.717, 1.165) is 24.3 Å². The second-order valence-corrected chi connectivity index (χ2v) is 11.6. The van der Waals surface area contributed by atoms with E-state index in [9.17, 15) is 9.59 Å². The third-order valence-corrected chi connectivity index (χ3v) is 7.42. The fraction of sp³-hybridized carbons (Fsp3) is 0.500. The lowest BCUT2D eigenvalue weighted by molar-refractivity contribution is -0.137. The van der Waals surface area contributed by atoms with E-state index in [4.69, 9.17) is 0 Å². The maximum atomic E-state index is 13.5. The summed E-state index contributed by atoms with van der Waals surface area (Å²) in [4.78, 5) is 32.1. The van der Waals surface area contributed by atoms with Gasteiger partial charge in [0.1, 0.15) is 18.2 Å². The Morgan fingerprint density at radius 3 is 2.32 bits per heavy atom. The van der Waals surface area contributed by atoms with Crippen LogP contribution in [-0.4, -0.2) is 77.7 Å². The topological polar surface area (TPSA) is 83.2 Å². The SMILES string of the molecule is CN1C(=O)C2C(Nc3ccccc3)N(Cc3ccc(C4NCCN4C)cc3)NC2N(CC(C)(C)C)C1=O. The Bertz CT molecular complexity index is 1120. The number of hydrazine groups is 1. The standard InChI is InChI=1S/C28H39N7O2/c1-28(2,3)18-34-25-22(26(36)33(5)27(34)37)24(30-21-9-7-6-8-10-21)35(31-25)17-19-11-13-20(14-12-19)23-29-15-16-32(23)4/h6-14,22-25,29-31H,15-18H2,1-5H3. The van der Waals surface area contributed by atoms with Crippen LogP contribution < -0.4 is 16.1 Å². The van der Waals surface area contributed by atoms with Crippen molar-refractivity contribution in [2.24, 2.45) is 11.3 Å². The van der Waals surface area contributed by atoms with E-state index < -0.39 is 12.1 Å². The summed E-state index contributed by atoms with van der Waals surface area (Å²) in [5.41, 5.74) is 6.74. The van der Waals surface area contributed by atoms with Gasteiger partial charge in [-0.3, -0.25) is 19.9 Å². The quantitative estimate of drug-likeness (QED) is 0.557. The van der Waals surface area contributed by atoms with Crippen molar-refractivity contribution in [3.05, 3.63) is 65.7 Å². The minimum Gasteiger partial charge on any atom is -0.368 e. The zero-order chi connectivity index (χ0) is 26.3. The number of nitrogens with zero attached hydrogens (tertiary/aromatic N) is 4. The Labute approximate surface area is 219 Å². The number of benzene rings is 2. The molecule has 198 valence electrons. The molecule has 2 aromatic rings. The number of nitrogens with one attached hydrogen (secondary N) is 3. The average Bonchev–Trinajstić information content (AvgIpc) is 3.45. The van der Waals surface area contributed by atoms with E-state index in [1.807, 2.05) is 35.2 Å². The highest BCUT2D eigenvalue weighted by atomic mass is 16.2. The lowest BCUT2D eigenvalue weighted by Gasteiger charge is -2.43. The molecule has 3 N–H and O–H groups in total. The maximum Gasteiger partial charge on any atom is 0.327 e. The van der Waals surface area contributed by atoms with Gasteiger partial charge in [0.2, 0.25) is 5.91 Å². The number of amides is 3. The van der Waals surface area contributed by atoms with Crippen LogP contribution in [-0.2, 0) is 11.3 Å². The summed E-state index contributed by atoms with van der Waals surface area (Å²) in [6.07, 6.45) is -0.521. The first-order valence-corrected chi connectivity index (χ1v) is 13.1. The lowest BCUT2D eigenvalue weighted by atomic mass is 9.92. The first kappa shape index (κ1) is 25.7. The van der Waals surface area contributed by atoms with Crippen LogP contribution in [0.1, 0.15) is 38.1 Å². The van der Waals surface area contributed by atoms with Gasteiger partial charge in [-0.25, -0.2) is 15.2 Å². The monoisotopic (exact) mass is 505 g/mol. The molecule has 0 radical (unpaired) electrons.